The molecule has 9 heteroatoms. The Hall–Kier alpha value is -3.23. The number of carbonyl (C=O) groups excluding carboxylic acids is 1. The Morgan fingerprint density at radius 2 is 1.77 bits per heavy atom. The highest BCUT2D eigenvalue weighted by Crippen LogP contribution is 2.27. The largest absolute Gasteiger partial charge is 0.271 e. The van der Waals surface area contributed by atoms with Gasteiger partial charge in [0.15, 0.2) is 0 Å². The summed E-state index contributed by atoms with van der Waals surface area (Å²) in [7, 11) is -4.04. The highest BCUT2D eigenvalue weighted by Gasteiger charge is 2.27. The lowest BCUT2D eigenvalue weighted by molar-refractivity contribution is -0.119. The first-order chi connectivity index (χ1) is 14.8. The molecule has 160 valence electrons. The van der Waals surface area contributed by atoms with Crippen LogP contribution in [0.15, 0.2) is 82.8 Å². The molecule has 0 bridgehead atoms. The SMILES string of the molecule is Cc1ccc(N(CC(=O)N/N=C\c2ccc(F)cc2)S(=O)(=O)c2ccccc2)cc1Cl. The third-order valence-corrected chi connectivity index (χ3v) is 6.53. The normalized spacial score (nSPS) is 11.5. The van der Waals surface area contributed by atoms with Crippen molar-refractivity contribution in [2.24, 2.45) is 5.10 Å². The summed E-state index contributed by atoms with van der Waals surface area (Å²) in [6.45, 7) is 1.27. The van der Waals surface area contributed by atoms with Crippen molar-refractivity contribution < 1.29 is 17.6 Å². The first-order valence-electron chi connectivity index (χ1n) is 9.19. The molecule has 0 aromatic heterocycles. The van der Waals surface area contributed by atoms with Gasteiger partial charge >= 0.3 is 0 Å². The molecule has 3 aromatic rings. The smallest absolute Gasteiger partial charge is 0.264 e. The maximum atomic E-state index is 13.2. The average Bonchev–Trinajstić information content (AvgIpc) is 2.76. The topological polar surface area (TPSA) is 78.8 Å². The molecule has 0 spiro atoms. The van der Waals surface area contributed by atoms with Gasteiger partial charge in [0.25, 0.3) is 15.9 Å². The lowest BCUT2D eigenvalue weighted by atomic mass is 10.2. The van der Waals surface area contributed by atoms with Crippen LogP contribution < -0.4 is 9.73 Å². The van der Waals surface area contributed by atoms with E-state index in [1.165, 1.54) is 48.7 Å². The molecule has 0 atom stereocenters. The quantitative estimate of drug-likeness (QED) is 0.426. The van der Waals surface area contributed by atoms with Crippen LogP contribution >= 0.6 is 11.6 Å². The fraction of sp³-hybridized carbons (Fsp3) is 0.0909. The van der Waals surface area contributed by atoms with E-state index in [0.29, 0.717) is 10.6 Å². The second-order valence-electron chi connectivity index (χ2n) is 6.60. The van der Waals surface area contributed by atoms with Crippen LogP contribution in [0.4, 0.5) is 10.1 Å². The highest BCUT2D eigenvalue weighted by atomic mass is 35.5. The molecule has 1 amide bonds. The van der Waals surface area contributed by atoms with Crippen LogP contribution in [-0.4, -0.2) is 27.1 Å². The number of amides is 1. The van der Waals surface area contributed by atoms with Crippen molar-refractivity contribution >= 4 is 39.4 Å². The second kappa shape index (κ2) is 9.72. The number of rotatable bonds is 7. The van der Waals surface area contributed by atoms with E-state index in [0.717, 1.165) is 9.87 Å². The molecule has 0 aliphatic rings. The van der Waals surface area contributed by atoms with Crippen molar-refractivity contribution in [3.8, 4) is 0 Å². The lowest BCUT2D eigenvalue weighted by Crippen LogP contribution is -2.39. The monoisotopic (exact) mass is 459 g/mol. The Morgan fingerprint density at radius 3 is 2.42 bits per heavy atom. The van der Waals surface area contributed by atoms with Crippen LogP contribution in [0.3, 0.4) is 0 Å². The van der Waals surface area contributed by atoms with Gasteiger partial charge in [-0.1, -0.05) is 48.0 Å². The molecule has 0 saturated heterocycles. The molecular weight excluding hydrogens is 441 g/mol. The van der Waals surface area contributed by atoms with Crippen LogP contribution in [0.25, 0.3) is 0 Å². The summed E-state index contributed by atoms with van der Waals surface area (Å²) in [5.74, 6) is -1.05. The fourth-order valence-corrected chi connectivity index (χ4v) is 4.27. The van der Waals surface area contributed by atoms with E-state index in [9.17, 15) is 17.6 Å². The summed E-state index contributed by atoms with van der Waals surface area (Å²) in [5, 5.41) is 4.19. The van der Waals surface area contributed by atoms with E-state index < -0.39 is 22.5 Å². The van der Waals surface area contributed by atoms with Crippen LogP contribution in [0.2, 0.25) is 5.02 Å². The Bertz CT molecular complexity index is 1200. The van der Waals surface area contributed by atoms with Crippen molar-refractivity contribution in [2.45, 2.75) is 11.8 Å². The van der Waals surface area contributed by atoms with Gasteiger partial charge in [0, 0.05) is 5.02 Å². The summed E-state index contributed by atoms with van der Waals surface area (Å²) < 4.78 is 40.4. The first-order valence-corrected chi connectivity index (χ1v) is 11.0. The zero-order valence-corrected chi connectivity index (χ0v) is 18.1. The molecule has 3 rings (SSSR count). The molecule has 31 heavy (non-hydrogen) atoms. The Kier molecular flexibility index (Phi) is 7.04. The van der Waals surface area contributed by atoms with E-state index in [1.807, 2.05) is 0 Å². The van der Waals surface area contributed by atoms with E-state index in [2.05, 4.69) is 10.5 Å². The standard InChI is InChI=1S/C22H19ClFN3O3S/c1-16-7-12-19(13-21(16)23)27(31(29,30)20-5-3-2-4-6-20)15-22(28)26-25-14-17-8-10-18(24)11-9-17/h2-14H,15H2,1H3,(H,26,28)/b25-14-. The minimum atomic E-state index is -4.04. The average molecular weight is 460 g/mol. The van der Waals surface area contributed by atoms with E-state index in [4.69, 9.17) is 11.6 Å². The number of sulfonamides is 1. The number of aryl methyl sites for hydroxylation is 1. The number of anilines is 1. The number of benzene rings is 3. The minimum absolute atomic E-state index is 0.0364. The zero-order chi connectivity index (χ0) is 22.4. The number of nitrogens with zero attached hydrogens (tertiary/aromatic N) is 2. The van der Waals surface area contributed by atoms with Crippen molar-refractivity contribution in [3.63, 3.8) is 0 Å². The third kappa shape index (κ3) is 5.68. The summed E-state index contributed by atoms with van der Waals surface area (Å²) in [6.07, 6.45) is 1.33. The molecule has 0 aliphatic heterocycles. The van der Waals surface area contributed by atoms with Gasteiger partial charge in [-0.05, 0) is 54.4 Å². The van der Waals surface area contributed by atoms with Gasteiger partial charge in [0.05, 0.1) is 16.8 Å². The Morgan fingerprint density at radius 1 is 1.10 bits per heavy atom. The van der Waals surface area contributed by atoms with Gasteiger partial charge in [-0.3, -0.25) is 9.10 Å². The molecule has 0 fully saturated rings. The van der Waals surface area contributed by atoms with Gasteiger partial charge in [-0.15, -0.1) is 0 Å². The molecule has 0 radical (unpaired) electrons. The third-order valence-electron chi connectivity index (χ3n) is 4.33. The second-order valence-corrected chi connectivity index (χ2v) is 8.87. The molecule has 0 heterocycles. The van der Waals surface area contributed by atoms with Crippen LogP contribution in [0.1, 0.15) is 11.1 Å². The number of hydrogen-bond acceptors (Lipinski definition) is 4. The maximum Gasteiger partial charge on any atom is 0.264 e. The summed E-state index contributed by atoms with van der Waals surface area (Å²) in [6, 6.07) is 18.0. The number of hydrazone groups is 1. The van der Waals surface area contributed by atoms with Gasteiger partial charge in [-0.25, -0.2) is 18.2 Å². The Balaban J connectivity index is 1.85. The van der Waals surface area contributed by atoms with Gasteiger partial charge in [0.2, 0.25) is 0 Å². The molecule has 3 aromatic carbocycles. The summed E-state index contributed by atoms with van der Waals surface area (Å²) in [5.41, 5.74) is 3.88. The Labute approximate surface area is 185 Å². The molecule has 0 unspecified atom stereocenters. The molecule has 0 aliphatic carbocycles. The molecular formula is C22H19ClFN3O3S. The summed E-state index contributed by atoms with van der Waals surface area (Å²) >= 11 is 6.18. The number of carbonyl (C=O) groups is 1. The number of nitrogens with one attached hydrogen (secondary N) is 1. The predicted molar refractivity (Wildman–Crippen MR) is 119 cm³/mol. The van der Waals surface area contributed by atoms with Crippen LogP contribution in [-0.2, 0) is 14.8 Å². The van der Waals surface area contributed by atoms with Crippen LogP contribution in [0.5, 0.6) is 0 Å². The first kappa shape index (κ1) is 22.5. The lowest BCUT2D eigenvalue weighted by Gasteiger charge is -2.24. The van der Waals surface area contributed by atoms with Gasteiger partial charge in [-0.2, -0.15) is 5.10 Å². The molecule has 1 N–H and O–H groups in total. The highest BCUT2D eigenvalue weighted by molar-refractivity contribution is 7.92. The van der Waals surface area contributed by atoms with Crippen molar-refractivity contribution in [2.75, 3.05) is 10.8 Å². The molecule has 0 saturated carbocycles. The van der Waals surface area contributed by atoms with E-state index in [-0.39, 0.29) is 16.4 Å². The van der Waals surface area contributed by atoms with Gasteiger partial charge in [0.1, 0.15) is 12.4 Å². The predicted octanol–water partition coefficient (Wildman–Crippen LogP) is 4.13. The van der Waals surface area contributed by atoms with Crippen molar-refractivity contribution in [1.82, 2.24) is 5.43 Å². The molecule has 6 nitrogen and oxygen atoms in total. The van der Waals surface area contributed by atoms with E-state index in [1.54, 1.807) is 37.3 Å². The van der Waals surface area contributed by atoms with Crippen molar-refractivity contribution in [1.29, 1.82) is 0 Å². The van der Waals surface area contributed by atoms with Gasteiger partial charge < -0.3 is 0 Å². The minimum Gasteiger partial charge on any atom is -0.271 e. The van der Waals surface area contributed by atoms with Crippen molar-refractivity contribution in [3.05, 3.63) is 94.8 Å². The number of halogens is 2. The number of hydrogen-bond donors (Lipinski definition) is 1. The zero-order valence-electron chi connectivity index (χ0n) is 16.5. The summed E-state index contributed by atoms with van der Waals surface area (Å²) in [4.78, 5) is 12.5. The van der Waals surface area contributed by atoms with Crippen LogP contribution in [0, 0.1) is 12.7 Å². The maximum absolute atomic E-state index is 13.2. The van der Waals surface area contributed by atoms with E-state index >= 15 is 0 Å². The fourth-order valence-electron chi connectivity index (χ4n) is 2.67.